The fourth-order valence-corrected chi connectivity index (χ4v) is 2.56. The highest BCUT2D eigenvalue weighted by Gasteiger charge is 2.17. The van der Waals surface area contributed by atoms with Gasteiger partial charge in [-0.15, -0.1) is 0 Å². The average molecular weight is 425 g/mol. The van der Waals surface area contributed by atoms with Gasteiger partial charge in [-0.2, -0.15) is 4.98 Å². The molecule has 0 bridgehead atoms. The minimum atomic E-state index is -0.630. The maximum atomic E-state index is 12.1. The van der Waals surface area contributed by atoms with Crippen molar-refractivity contribution < 1.29 is 23.8 Å². The van der Waals surface area contributed by atoms with Crippen molar-refractivity contribution in [2.75, 3.05) is 19.7 Å². The first-order chi connectivity index (χ1) is 14.9. The number of nitrogens with one attached hydrogen (secondary N) is 2. The van der Waals surface area contributed by atoms with Crippen LogP contribution < -0.4 is 15.4 Å². The molecule has 2 amide bonds. The number of nitro groups is 1. The molecule has 0 aliphatic rings. The van der Waals surface area contributed by atoms with E-state index in [1.54, 1.807) is 12.1 Å². The highest BCUT2D eigenvalue weighted by Crippen LogP contribution is 2.21. The first-order valence-corrected chi connectivity index (χ1v) is 9.26. The lowest BCUT2D eigenvalue weighted by Gasteiger charge is -2.09. The topological polar surface area (TPSA) is 149 Å². The molecule has 0 atom stereocenters. The average Bonchev–Trinajstić information content (AvgIpc) is 3.26. The molecule has 0 spiro atoms. The van der Waals surface area contributed by atoms with Gasteiger partial charge in [0.25, 0.3) is 11.6 Å². The van der Waals surface area contributed by atoms with Crippen molar-refractivity contribution >= 4 is 17.5 Å². The summed E-state index contributed by atoms with van der Waals surface area (Å²) in [6.45, 7) is 2.04. The van der Waals surface area contributed by atoms with Crippen molar-refractivity contribution in [3.8, 4) is 17.1 Å². The third-order valence-corrected chi connectivity index (χ3v) is 4.12. The van der Waals surface area contributed by atoms with Crippen LogP contribution in [-0.4, -0.2) is 46.6 Å². The molecule has 0 radical (unpaired) electrons. The van der Waals surface area contributed by atoms with E-state index < -0.39 is 10.8 Å². The summed E-state index contributed by atoms with van der Waals surface area (Å²) in [5.74, 6) is -0.578. The van der Waals surface area contributed by atoms with E-state index in [-0.39, 0.29) is 43.0 Å². The van der Waals surface area contributed by atoms with E-state index in [9.17, 15) is 19.7 Å². The Hall–Kier alpha value is -4.28. The molecule has 0 aliphatic heterocycles. The molecule has 0 aliphatic carbocycles. The molecule has 0 saturated heterocycles. The van der Waals surface area contributed by atoms with Gasteiger partial charge in [0.2, 0.25) is 5.82 Å². The summed E-state index contributed by atoms with van der Waals surface area (Å²) in [6.07, 6.45) is 0. The molecule has 1 aromatic heterocycles. The Balaban J connectivity index is 1.43. The number of carbonyl (C=O) groups is 2. The van der Waals surface area contributed by atoms with Crippen molar-refractivity contribution in [1.29, 1.82) is 0 Å². The molecule has 3 rings (SSSR count). The number of aryl methyl sites for hydroxylation is 1. The summed E-state index contributed by atoms with van der Waals surface area (Å²) in [5, 5.41) is 19.7. The fourth-order valence-electron chi connectivity index (χ4n) is 2.56. The van der Waals surface area contributed by atoms with Crippen molar-refractivity contribution in [1.82, 2.24) is 20.8 Å². The fraction of sp³-hybridized carbons (Fsp3) is 0.200. The van der Waals surface area contributed by atoms with Gasteiger partial charge in [-0.3, -0.25) is 19.7 Å². The summed E-state index contributed by atoms with van der Waals surface area (Å²) in [4.78, 5) is 38.2. The van der Waals surface area contributed by atoms with Gasteiger partial charge in [0, 0.05) is 30.8 Å². The minimum absolute atomic E-state index is 0.0514. The van der Waals surface area contributed by atoms with Gasteiger partial charge in [-0.25, -0.2) is 0 Å². The second kappa shape index (κ2) is 9.96. The van der Waals surface area contributed by atoms with Gasteiger partial charge < -0.3 is 19.9 Å². The van der Waals surface area contributed by atoms with E-state index >= 15 is 0 Å². The SMILES string of the molecule is Cc1ccccc1OCC(=O)NCCNC(=O)c1nc(-c2cccc([N+](=O)[O-])c2)no1. The molecule has 11 heteroatoms. The number of hydrogen-bond donors (Lipinski definition) is 2. The molecule has 0 unspecified atom stereocenters. The number of ether oxygens (including phenoxy) is 1. The Morgan fingerprint density at radius 2 is 1.90 bits per heavy atom. The zero-order valence-corrected chi connectivity index (χ0v) is 16.5. The first kappa shape index (κ1) is 21.4. The van der Waals surface area contributed by atoms with Crippen LogP contribution in [0, 0.1) is 17.0 Å². The smallest absolute Gasteiger partial charge is 0.316 e. The van der Waals surface area contributed by atoms with Crippen molar-refractivity contribution in [3.63, 3.8) is 0 Å². The molecule has 0 fully saturated rings. The Morgan fingerprint density at radius 1 is 1.13 bits per heavy atom. The Bertz CT molecular complexity index is 1100. The van der Waals surface area contributed by atoms with Gasteiger partial charge in [0.05, 0.1) is 4.92 Å². The number of nitrogens with zero attached hydrogens (tertiary/aromatic N) is 3. The zero-order chi connectivity index (χ0) is 22.2. The third-order valence-electron chi connectivity index (χ3n) is 4.12. The van der Waals surface area contributed by atoms with Crippen LogP contribution in [-0.2, 0) is 4.79 Å². The Kier molecular flexibility index (Phi) is 6.89. The summed E-state index contributed by atoms with van der Waals surface area (Å²) in [7, 11) is 0. The van der Waals surface area contributed by atoms with Gasteiger partial charge in [0.15, 0.2) is 6.61 Å². The highest BCUT2D eigenvalue weighted by atomic mass is 16.6. The minimum Gasteiger partial charge on any atom is -0.484 e. The normalized spacial score (nSPS) is 10.4. The number of rotatable bonds is 9. The number of hydrogen-bond acceptors (Lipinski definition) is 8. The lowest BCUT2D eigenvalue weighted by atomic mass is 10.2. The molecule has 2 aromatic carbocycles. The molecule has 3 aromatic rings. The number of carbonyl (C=O) groups excluding carboxylic acids is 2. The van der Waals surface area contributed by atoms with Gasteiger partial charge in [-0.05, 0) is 18.6 Å². The maximum Gasteiger partial charge on any atom is 0.316 e. The summed E-state index contributed by atoms with van der Waals surface area (Å²) < 4.78 is 10.3. The van der Waals surface area contributed by atoms with E-state index in [0.717, 1.165) is 5.56 Å². The monoisotopic (exact) mass is 425 g/mol. The summed E-state index contributed by atoms with van der Waals surface area (Å²) in [6, 6.07) is 13.0. The van der Waals surface area contributed by atoms with Crippen LogP contribution in [0.25, 0.3) is 11.4 Å². The largest absolute Gasteiger partial charge is 0.484 e. The van der Waals surface area contributed by atoms with Gasteiger partial charge in [-0.1, -0.05) is 35.5 Å². The lowest BCUT2D eigenvalue weighted by molar-refractivity contribution is -0.384. The lowest BCUT2D eigenvalue weighted by Crippen LogP contribution is -2.36. The molecule has 0 saturated carbocycles. The van der Waals surface area contributed by atoms with Crippen LogP contribution in [0.15, 0.2) is 53.1 Å². The van der Waals surface area contributed by atoms with E-state index in [1.165, 1.54) is 18.2 Å². The van der Waals surface area contributed by atoms with Crippen LogP contribution in [0.2, 0.25) is 0 Å². The third kappa shape index (κ3) is 5.85. The van der Waals surface area contributed by atoms with Crippen LogP contribution in [0.5, 0.6) is 5.75 Å². The molecular formula is C20H19N5O6. The van der Waals surface area contributed by atoms with Crippen molar-refractivity contribution in [3.05, 3.63) is 70.1 Å². The van der Waals surface area contributed by atoms with E-state index in [0.29, 0.717) is 11.3 Å². The number of benzene rings is 2. The maximum absolute atomic E-state index is 12.1. The predicted octanol–water partition coefficient (Wildman–Crippen LogP) is 1.88. The number of para-hydroxylation sites is 1. The summed E-state index contributed by atoms with van der Waals surface area (Å²) in [5.41, 5.74) is 1.14. The van der Waals surface area contributed by atoms with Gasteiger partial charge in [0.1, 0.15) is 5.75 Å². The zero-order valence-electron chi connectivity index (χ0n) is 16.5. The Morgan fingerprint density at radius 3 is 2.68 bits per heavy atom. The molecule has 2 N–H and O–H groups in total. The van der Waals surface area contributed by atoms with Gasteiger partial charge >= 0.3 is 11.8 Å². The van der Waals surface area contributed by atoms with Crippen LogP contribution in [0.3, 0.4) is 0 Å². The molecule has 11 nitrogen and oxygen atoms in total. The second-order valence-corrected chi connectivity index (χ2v) is 6.39. The van der Waals surface area contributed by atoms with Crippen LogP contribution in [0.1, 0.15) is 16.2 Å². The number of non-ortho nitro benzene ring substituents is 1. The molecule has 160 valence electrons. The van der Waals surface area contributed by atoms with Crippen molar-refractivity contribution in [2.24, 2.45) is 0 Å². The number of nitro benzene ring substituents is 1. The van der Waals surface area contributed by atoms with E-state index in [2.05, 4.69) is 20.8 Å². The van der Waals surface area contributed by atoms with Crippen LogP contribution >= 0.6 is 0 Å². The molecule has 1 heterocycles. The number of amides is 2. The predicted molar refractivity (Wildman–Crippen MR) is 108 cm³/mol. The standard InChI is InChI=1S/C20H19N5O6/c1-13-5-2-3-8-16(13)30-12-17(26)21-9-10-22-19(27)20-23-18(24-31-20)14-6-4-7-15(11-14)25(28)29/h2-8,11H,9-10,12H2,1H3,(H,21,26)(H,22,27). The summed E-state index contributed by atoms with van der Waals surface area (Å²) >= 11 is 0. The van der Waals surface area contributed by atoms with E-state index in [4.69, 9.17) is 9.26 Å². The van der Waals surface area contributed by atoms with Crippen molar-refractivity contribution in [2.45, 2.75) is 6.92 Å². The Labute approximate surface area is 176 Å². The number of aromatic nitrogens is 2. The first-order valence-electron chi connectivity index (χ1n) is 9.26. The van der Waals surface area contributed by atoms with E-state index in [1.807, 2.05) is 25.1 Å². The molecular weight excluding hydrogens is 406 g/mol. The highest BCUT2D eigenvalue weighted by molar-refractivity contribution is 5.90. The van der Waals surface area contributed by atoms with Crippen LogP contribution in [0.4, 0.5) is 5.69 Å². The quantitative estimate of drug-likeness (QED) is 0.300. The second-order valence-electron chi connectivity index (χ2n) is 6.39. The molecule has 31 heavy (non-hydrogen) atoms.